The Morgan fingerprint density at radius 1 is 1.20 bits per heavy atom. The molecule has 0 aromatic heterocycles. The van der Waals surface area contributed by atoms with Crippen LogP contribution in [-0.4, -0.2) is 29.9 Å². The summed E-state index contributed by atoms with van der Waals surface area (Å²) in [6, 6.07) is 14.7. The number of rotatable bonds is 4. The Labute approximate surface area is 147 Å². The number of nitrogens with one attached hydrogen (secondary N) is 1. The smallest absolute Gasteiger partial charge is 0.338 e. The van der Waals surface area contributed by atoms with Gasteiger partial charge in [-0.1, -0.05) is 37.3 Å². The first-order valence-electron chi connectivity index (χ1n) is 8.44. The highest BCUT2D eigenvalue weighted by Crippen LogP contribution is 2.36. The molecule has 5 nitrogen and oxygen atoms in total. The summed E-state index contributed by atoms with van der Waals surface area (Å²) in [6.45, 7) is 4.06. The maximum absolute atomic E-state index is 13.1. The number of para-hydroxylation sites is 1. The van der Waals surface area contributed by atoms with Gasteiger partial charge in [-0.05, 0) is 31.5 Å². The van der Waals surface area contributed by atoms with E-state index >= 15 is 0 Å². The molecule has 2 aromatic rings. The molecular weight excluding hydrogens is 316 g/mol. The normalized spacial score (nSPS) is 17.5. The molecule has 0 unspecified atom stereocenters. The summed E-state index contributed by atoms with van der Waals surface area (Å²) in [6.07, 6.45) is 0.389. The van der Waals surface area contributed by atoms with Crippen LogP contribution in [-0.2, 0) is 4.74 Å². The maximum atomic E-state index is 13.1. The number of nitrogens with zero attached hydrogens (tertiary/aromatic N) is 1. The highest BCUT2D eigenvalue weighted by molar-refractivity contribution is 6.02. The van der Waals surface area contributed by atoms with Crippen molar-refractivity contribution in [2.75, 3.05) is 12.4 Å². The summed E-state index contributed by atoms with van der Waals surface area (Å²) in [5.41, 5.74) is 2.62. The third-order valence-electron chi connectivity index (χ3n) is 4.69. The summed E-state index contributed by atoms with van der Waals surface area (Å²) in [5.74, 6) is -0.443. The first kappa shape index (κ1) is 17.0. The molecule has 1 N–H and O–H groups in total. The van der Waals surface area contributed by atoms with Crippen LogP contribution >= 0.6 is 0 Å². The van der Waals surface area contributed by atoms with E-state index in [4.69, 9.17) is 4.74 Å². The predicted molar refractivity (Wildman–Crippen MR) is 96.5 cm³/mol. The Bertz CT molecular complexity index is 803. The highest BCUT2D eigenvalue weighted by Gasteiger charge is 2.36. The van der Waals surface area contributed by atoms with Gasteiger partial charge in [0.05, 0.1) is 18.2 Å². The lowest BCUT2D eigenvalue weighted by Gasteiger charge is -2.42. The van der Waals surface area contributed by atoms with E-state index in [2.05, 4.69) is 5.32 Å². The molecule has 0 saturated carbocycles. The topological polar surface area (TPSA) is 58.6 Å². The molecule has 5 heteroatoms. The van der Waals surface area contributed by atoms with Gasteiger partial charge < -0.3 is 15.0 Å². The van der Waals surface area contributed by atoms with Crippen molar-refractivity contribution in [1.82, 2.24) is 4.90 Å². The molecule has 1 amide bonds. The number of amides is 1. The van der Waals surface area contributed by atoms with E-state index in [1.807, 2.05) is 55.1 Å². The van der Waals surface area contributed by atoms with Gasteiger partial charge in [-0.2, -0.15) is 0 Å². The van der Waals surface area contributed by atoms with Crippen LogP contribution in [0.4, 0.5) is 5.69 Å². The minimum atomic E-state index is -0.423. The number of esters is 1. The molecule has 25 heavy (non-hydrogen) atoms. The quantitative estimate of drug-likeness (QED) is 0.861. The van der Waals surface area contributed by atoms with Crippen LogP contribution in [0.2, 0.25) is 0 Å². The zero-order valence-corrected chi connectivity index (χ0v) is 14.7. The number of hydrogen-bond donors (Lipinski definition) is 1. The summed E-state index contributed by atoms with van der Waals surface area (Å²) in [5, 5.41) is 3.43. The van der Waals surface area contributed by atoms with Gasteiger partial charge in [0, 0.05) is 17.3 Å². The molecule has 2 aromatic carbocycles. The lowest BCUT2D eigenvalue weighted by molar-refractivity contribution is 0.0557. The number of ether oxygens (including phenoxy) is 1. The second-order valence-corrected chi connectivity index (χ2v) is 6.14. The Morgan fingerprint density at radius 3 is 2.60 bits per heavy atom. The molecule has 1 heterocycles. The zero-order chi connectivity index (χ0) is 18.0. The Hall–Kier alpha value is -2.82. The molecule has 0 aliphatic carbocycles. The lowest BCUT2D eigenvalue weighted by Crippen LogP contribution is -2.47. The van der Waals surface area contributed by atoms with Crippen LogP contribution in [0.15, 0.2) is 48.5 Å². The number of anilines is 1. The number of fused-ring (bicyclic) bond motifs is 1. The Balaban J connectivity index is 2.14. The monoisotopic (exact) mass is 338 g/mol. The van der Waals surface area contributed by atoms with Gasteiger partial charge >= 0.3 is 5.97 Å². The molecule has 0 fully saturated rings. The molecule has 1 aliphatic heterocycles. The van der Waals surface area contributed by atoms with Gasteiger partial charge in [0.2, 0.25) is 0 Å². The molecular formula is C20H22N2O3. The van der Waals surface area contributed by atoms with Crippen LogP contribution in [0, 0.1) is 0 Å². The predicted octanol–water partition coefficient (Wildman–Crippen LogP) is 3.84. The number of carbonyl (C=O) groups is 2. The molecule has 3 rings (SSSR count). The van der Waals surface area contributed by atoms with E-state index in [1.54, 1.807) is 12.1 Å². The SMILES string of the molecule is CC[C@H](C)N1C(=O)c2ccccc2N[C@H]1c1ccccc1C(=O)OC. The van der Waals surface area contributed by atoms with Crippen LogP contribution in [0.5, 0.6) is 0 Å². The number of benzene rings is 2. The van der Waals surface area contributed by atoms with Crippen molar-refractivity contribution < 1.29 is 14.3 Å². The van der Waals surface area contributed by atoms with E-state index < -0.39 is 12.1 Å². The molecule has 1 aliphatic rings. The minimum Gasteiger partial charge on any atom is -0.465 e. The van der Waals surface area contributed by atoms with Crippen molar-refractivity contribution in [3.05, 3.63) is 65.2 Å². The molecule has 2 atom stereocenters. The van der Waals surface area contributed by atoms with Crippen molar-refractivity contribution in [2.45, 2.75) is 32.5 Å². The van der Waals surface area contributed by atoms with Gasteiger partial charge in [-0.25, -0.2) is 4.79 Å². The Kier molecular flexibility index (Phi) is 4.74. The highest BCUT2D eigenvalue weighted by atomic mass is 16.5. The van der Waals surface area contributed by atoms with Gasteiger partial charge in [0.15, 0.2) is 0 Å². The van der Waals surface area contributed by atoms with E-state index in [9.17, 15) is 9.59 Å². The molecule has 0 bridgehead atoms. The fourth-order valence-corrected chi connectivity index (χ4v) is 3.18. The van der Waals surface area contributed by atoms with Crippen molar-refractivity contribution in [2.24, 2.45) is 0 Å². The van der Waals surface area contributed by atoms with Crippen molar-refractivity contribution >= 4 is 17.6 Å². The van der Waals surface area contributed by atoms with Gasteiger partial charge in [-0.3, -0.25) is 4.79 Å². The van der Waals surface area contributed by atoms with Crippen LogP contribution in [0.3, 0.4) is 0 Å². The van der Waals surface area contributed by atoms with Crippen molar-refractivity contribution in [3.8, 4) is 0 Å². The maximum Gasteiger partial charge on any atom is 0.338 e. The van der Waals surface area contributed by atoms with Gasteiger partial charge in [-0.15, -0.1) is 0 Å². The van der Waals surface area contributed by atoms with Crippen molar-refractivity contribution in [3.63, 3.8) is 0 Å². The molecule has 130 valence electrons. The van der Waals surface area contributed by atoms with E-state index in [0.717, 1.165) is 17.7 Å². The van der Waals surface area contributed by atoms with Gasteiger partial charge in [0.1, 0.15) is 6.17 Å². The molecule has 0 radical (unpaired) electrons. The van der Waals surface area contributed by atoms with Crippen LogP contribution < -0.4 is 5.32 Å². The average molecular weight is 338 g/mol. The number of carbonyl (C=O) groups excluding carboxylic acids is 2. The fraction of sp³-hybridized carbons (Fsp3) is 0.300. The summed E-state index contributed by atoms with van der Waals surface area (Å²) >= 11 is 0. The second kappa shape index (κ2) is 6.97. The minimum absolute atomic E-state index is 0.0176. The molecule has 0 spiro atoms. The van der Waals surface area contributed by atoms with Crippen molar-refractivity contribution in [1.29, 1.82) is 0 Å². The standard InChI is InChI=1S/C20H22N2O3/c1-4-13(2)22-18(14-9-5-6-10-15(14)20(24)25-3)21-17-12-8-7-11-16(17)19(22)23/h5-13,18,21H,4H2,1-3H3/t13-,18+/m0/s1. The average Bonchev–Trinajstić information content (AvgIpc) is 2.66. The Morgan fingerprint density at radius 2 is 1.88 bits per heavy atom. The lowest BCUT2D eigenvalue weighted by atomic mass is 9.97. The summed E-state index contributed by atoms with van der Waals surface area (Å²) < 4.78 is 4.92. The molecule has 0 saturated heterocycles. The summed E-state index contributed by atoms with van der Waals surface area (Å²) in [7, 11) is 1.36. The largest absolute Gasteiger partial charge is 0.465 e. The first-order chi connectivity index (χ1) is 12.1. The third kappa shape index (κ3) is 2.97. The van der Waals surface area contributed by atoms with Crippen LogP contribution in [0.25, 0.3) is 0 Å². The third-order valence-corrected chi connectivity index (χ3v) is 4.69. The first-order valence-corrected chi connectivity index (χ1v) is 8.44. The number of methoxy groups -OCH3 is 1. The summed E-state index contributed by atoms with van der Waals surface area (Å²) in [4.78, 5) is 27.1. The fourth-order valence-electron chi connectivity index (χ4n) is 3.18. The second-order valence-electron chi connectivity index (χ2n) is 6.14. The van der Waals surface area contributed by atoms with E-state index in [1.165, 1.54) is 7.11 Å². The van der Waals surface area contributed by atoms with E-state index in [0.29, 0.717) is 11.1 Å². The van der Waals surface area contributed by atoms with Gasteiger partial charge in [0.25, 0.3) is 5.91 Å². The van der Waals surface area contributed by atoms with Crippen LogP contribution in [0.1, 0.15) is 52.7 Å². The zero-order valence-electron chi connectivity index (χ0n) is 14.7. The van der Waals surface area contributed by atoms with E-state index in [-0.39, 0.29) is 11.9 Å². The number of hydrogen-bond acceptors (Lipinski definition) is 4.